The maximum absolute atomic E-state index is 12.1. The summed E-state index contributed by atoms with van der Waals surface area (Å²) in [6.45, 7) is 8.53. The number of unbranched alkanes of at least 4 members (excludes halogenated alkanes) is 3. The standard InChI is InChI=1S/C14H24N2O2/c1-5-6-7-8-9-16(13(17)11(2)3)14-15-12(4)10-18-14/h10-11H,5-9H2,1-4H3. The van der Waals surface area contributed by atoms with Gasteiger partial charge in [0.15, 0.2) is 0 Å². The molecule has 1 aromatic rings. The van der Waals surface area contributed by atoms with Crippen molar-refractivity contribution in [3.63, 3.8) is 0 Å². The van der Waals surface area contributed by atoms with E-state index in [1.165, 1.54) is 12.8 Å². The molecule has 0 spiro atoms. The zero-order valence-electron chi connectivity index (χ0n) is 11.9. The maximum atomic E-state index is 12.1. The highest BCUT2D eigenvalue weighted by Crippen LogP contribution is 2.17. The molecule has 0 aliphatic heterocycles. The number of hydrogen-bond acceptors (Lipinski definition) is 3. The van der Waals surface area contributed by atoms with Gasteiger partial charge in [-0.2, -0.15) is 4.98 Å². The molecule has 0 saturated heterocycles. The second-order valence-corrected chi connectivity index (χ2v) is 4.98. The van der Waals surface area contributed by atoms with Crippen LogP contribution in [0.4, 0.5) is 6.01 Å². The summed E-state index contributed by atoms with van der Waals surface area (Å²) in [6, 6.07) is 0.433. The third-order valence-corrected chi connectivity index (χ3v) is 2.83. The Balaban J connectivity index is 2.67. The highest BCUT2D eigenvalue weighted by molar-refractivity contribution is 5.92. The fourth-order valence-electron chi connectivity index (χ4n) is 1.77. The number of amides is 1. The summed E-state index contributed by atoms with van der Waals surface area (Å²) in [6.07, 6.45) is 6.11. The van der Waals surface area contributed by atoms with Gasteiger partial charge >= 0.3 is 6.01 Å². The van der Waals surface area contributed by atoms with Gasteiger partial charge in [0, 0.05) is 12.5 Å². The second kappa shape index (κ2) is 7.19. The molecule has 4 nitrogen and oxygen atoms in total. The van der Waals surface area contributed by atoms with E-state index in [-0.39, 0.29) is 11.8 Å². The number of nitrogens with zero attached hydrogens (tertiary/aromatic N) is 2. The lowest BCUT2D eigenvalue weighted by Gasteiger charge is -2.20. The Bertz CT molecular complexity index is 372. The summed E-state index contributed by atoms with van der Waals surface area (Å²) in [7, 11) is 0. The quantitative estimate of drug-likeness (QED) is 0.697. The molecule has 102 valence electrons. The van der Waals surface area contributed by atoms with E-state index in [0.717, 1.165) is 18.5 Å². The summed E-state index contributed by atoms with van der Waals surface area (Å²) < 4.78 is 5.35. The lowest BCUT2D eigenvalue weighted by Crippen LogP contribution is -2.35. The third-order valence-electron chi connectivity index (χ3n) is 2.83. The predicted octanol–water partition coefficient (Wildman–Crippen LogP) is 3.55. The number of carbonyl (C=O) groups is 1. The first-order valence-corrected chi connectivity index (χ1v) is 6.79. The van der Waals surface area contributed by atoms with E-state index in [1.807, 2.05) is 20.8 Å². The molecule has 0 atom stereocenters. The number of carbonyl (C=O) groups excluding carboxylic acids is 1. The van der Waals surface area contributed by atoms with E-state index >= 15 is 0 Å². The molecule has 4 heteroatoms. The molecule has 0 aromatic carbocycles. The van der Waals surface area contributed by atoms with Crippen molar-refractivity contribution in [1.29, 1.82) is 0 Å². The van der Waals surface area contributed by atoms with Gasteiger partial charge in [0.25, 0.3) is 0 Å². The van der Waals surface area contributed by atoms with Crippen molar-refractivity contribution in [2.24, 2.45) is 5.92 Å². The normalized spacial score (nSPS) is 10.9. The van der Waals surface area contributed by atoms with Crippen LogP contribution >= 0.6 is 0 Å². The molecule has 0 bridgehead atoms. The van der Waals surface area contributed by atoms with E-state index in [2.05, 4.69) is 11.9 Å². The van der Waals surface area contributed by atoms with E-state index in [0.29, 0.717) is 12.6 Å². The van der Waals surface area contributed by atoms with Crippen LogP contribution in [0, 0.1) is 12.8 Å². The zero-order chi connectivity index (χ0) is 13.5. The molecule has 0 radical (unpaired) electrons. The Morgan fingerprint density at radius 3 is 2.61 bits per heavy atom. The van der Waals surface area contributed by atoms with Crippen molar-refractivity contribution in [3.8, 4) is 0 Å². The van der Waals surface area contributed by atoms with Crippen LogP contribution in [0.1, 0.15) is 52.1 Å². The largest absolute Gasteiger partial charge is 0.431 e. The van der Waals surface area contributed by atoms with E-state index in [9.17, 15) is 4.79 Å². The summed E-state index contributed by atoms with van der Waals surface area (Å²) in [5, 5.41) is 0. The second-order valence-electron chi connectivity index (χ2n) is 4.98. The van der Waals surface area contributed by atoms with Crippen LogP contribution in [0.2, 0.25) is 0 Å². The first kappa shape index (κ1) is 14.7. The number of aryl methyl sites for hydroxylation is 1. The molecule has 18 heavy (non-hydrogen) atoms. The third kappa shape index (κ3) is 4.17. The highest BCUT2D eigenvalue weighted by Gasteiger charge is 2.22. The SMILES string of the molecule is CCCCCCN(C(=O)C(C)C)c1nc(C)co1. The van der Waals surface area contributed by atoms with Gasteiger partial charge in [-0.1, -0.05) is 40.0 Å². The number of oxazole rings is 1. The van der Waals surface area contributed by atoms with Crippen LogP contribution in [0.15, 0.2) is 10.7 Å². The molecular weight excluding hydrogens is 228 g/mol. The molecule has 0 N–H and O–H groups in total. The van der Waals surface area contributed by atoms with Crippen LogP contribution in [-0.4, -0.2) is 17.4 Å². The average Bonchev–Trinajstić information content (AvgIpc) is 2.75. The van der Waals surface area contributed by atoms with Crippen LogP contribution in [0.25, 0.3) is 0 Å². The molecule has 0 aliphatic carbocycles. The monoisotopic (exact) mass is 252 g/mol. The minimum atomic E-state index is -0.0385. The summed E-state index contributed by atoms with van der Waals surface area (Å²) in [5.41, 5.74) is 0.806. The van der Waals surface area contributed by atoms with Gasteiger partial charge in [0.2, 0.25) is 5.91 Å². The highest BCUT2D eigenvalue weighted by atomic mass is 16.4. The van der Waals surface area contributed by atoms with E-state index in [4.69, 9.17) is 4.42 Å². The van der Waals surface area contributed by atoms with Gasteiger partial charge in [0.1, 0.15) is 6.26 Å². The first-order valence-electron chi connectivity index (χ1n) is 6.79. The van der Waals surface area contributed by atoms with Crippen LogP contribution in [-0.2, 0) is 4.79 Å². The zero-order valence-corrected chi connectivity index (χ0v) is 11.9. The lowest BCUT2D eigenvalue weighted by atomic mass is 10.1. The molecule has 1 aromatic heterocycles. The van der Waals surface area contributed by atoms with Crippen LogP contribution in [0.3, 0.4) is 0 Å². The number of rotatable bonds is 7. The van der Waals surface area contributed by atoms with Gasteiger partial charge < -0.3 is 4.42 Å². The van der Waals surface area contributed by atoms with Gasteiger partial charge in [-0.3, -0.25) is 9.69 Å². The van der Waals surface area contributed by atoms with Crippen molar-refractivity contribution < 1.29 is 9.21 Å². The van der Waals surface area contributed by atoms with Crippen LogP contribution < -0.4 is 4.90 Å². The Kier molecular flexibility index (Phi) is 5.89. The minimum Gasteiger partial charge on any atom is -0.431 e. The van der Waals surface area contributed by atoms with E-state index < -0.39 is 0 Å². The van der Waals surface area contributed by atoms with Crippen molar-refractivity contribution in [2.45, 2.75) is 53.4 Å². The minimum absolute atomic E-state index is 0.0385. The molecule has 1 rings (SSSR count). The van der Waals surface area contributed by atoms with Crippen molar-refractivity contribution in [2.75, 3.05) is 11.4 Å². The molecule has 0 fully saturated rings. The van der Waals surface area contributed by atoms with Crippen molar-refractivity contribution in [1.82, 2.24) is 4.98 Å². The van der Waals surface area contributed by atoms with Gasteiger partial charge in [-0.15, -0.1) is 0 Å². The smallest absolute Gasteiger partial charge is 0.304 e. The summed E-state index contributed by atoms with van der Waals surface area (Å²) >= 11 is 0. The Labute approximate surface area is 109 Å². The average molecular weight is 252 g/mol. The predicted molar refractivity (Wildman–Crippen MR) is 72.6 cm³/mol. The molecule has 1 amide bonds. The Hall–Kier alpha value is -1.32. The van der Waals surface area contributed by atoms with Crippen LogP contribution in [0.5, 0.6) is 0 Å². The molecule has 0 saturated carbocycles. The number of anilines is 1. The molecule has 1 heterocycles. The fraction of sp³-hybridized carbons (Fsp3) is 0.714. The summed E-state index contributed by atoms with van der Waals surface area (Å²) in [4.78, 5) is 18.1. The lowest BCUT2D eigenvalue weighted by molar-refractivity contribution is -0.121. The van der Waals surface area contributed by atoms with Crippen molar-refractivity contribution >= 4 is 11.9 Å². The Morgan fingerprint density at radius 1 is 1.39 bits per heavy atom. The van der Waals surface area contributed by atoms with Crippen molar-refractivity contribution in [3.05, 3.63) is 12.0 Å². The molecule has 0 aliphatic rings. The topological polar surface area (TPSA) is 46.3 Å². The fourth-order valence-corrected chi connectivity index (χ4v) is 1.77. The maximum Gasteiger partial charge on any atom is 0.304 e. The molecular formula is C14H24N2O2. The van der Waals surface area contributed by atoms with Gasteiger partial charge in [-0.05, 0) is 13.3 Å². The summed E-state index contributed by atoms with van der Waals surface area (Å²) in [5.74, 6) is 0.0386. The van der Waals surface area contributed by atoms with Gasteiger partial charge in [0.05, 0.1) is 5.69 Å². The number of aromatic nitrogens is 1. The number of hydrogen-bond donors (Lipinski definition) is 0. The first-order chi connectivity index (χ1) is 8.56. The van der Waals surface area contributed by atoms with Gasteiger partial charge in [-0.25, -0.2) is 0 Å². The molecule has 0 unspecified atom stereocenters. The van der Waals surface area contributed by atoms with E-state index in [1.54, 1.807) is 11.2 Å². The Morgan fingerprint density at radius 2 is 2.11 bits per heavy atom.